The van der Waals surface area contributed by atoms with Crippen LogP contribution in [-0.4, -0.2) is 16.0 Å². The Balaban J connectivity index is 2.95. The van der Waals surface area contributed by atoms with E-state index < -0.39 is 0 Å². The van der Waals surface area contributed by atoms with E-state index in [0.717, 1.165) is 0 Å². The van der Waals surface area contributed by atoms with Crippen molar-refractivity contribution >= 4 is 45.3 Å². The van der Waals surface area contributed by atoms with Gasteiger partial charge in [-0.2, -0.15) is 0 Å². The van der Waals surface area contributed by atoms with Crippen LogP contribution in [0, 0.1) is 11.8 Å². The van der Waals surface area contributed by atoms with Crippen LogP contribution in [-0.2, 0) is 0 Å². The van der Waals surface area contributed by atoms with Gasteiger partial charge in [-0.1, -0.05) is 37.0 Å². The summed E-state index contributed by atoms with van der Waals surface area (Å²) in [6, 6.07) is 0. The molecule has 68 valence electrons. The number of hydrogen-bond donors (Lipinski definition) is 0. The van der Waals surface area contributed by atoms with Gasteiger partial charge in [0, 0.05) is 11.8 Å². The number of amidine groups is 1. The number of hydrogen-bond acceptors (Lipinski definition) is 2. The Morgan fingerprint density at radius 1 is 1.25 bits per heavy atom. The van der Waals surface area contributed by atoms with E-state index in [2.05, 4.69) is 9.98 Å². The Morgan fingerprint density at radius 3 is 2.42 bits per heavy atom. The van der Waals surface area contributed by atoms with Gasteiger partial charge in [0.15, 0.2) is 0 Å². The minimum absolute atomic E-state index is 0.106. The molecular weight excluding hydrogens is 218 g/mol. The first kappa shape index (κ1) is 10.3. The first-order valence-corrected chi connectivity index (χ1v) is 4.83. The van der Waals surface area contributed by atoms with E-state index in [1.807, 2.05) is 13.8 Å². The van der Waals surface area contributed by atoms with Crippen molar-refractivity contribution in [3.63, 3.8) is 0 Å². The van der Waals surface area contributed by atoms with Crippen LogP contribution in [0.25, 0.3) is 0 Å². The molecular formula is C7H9Cl3N2. The van der Waals surface area contributed by atoms with Crippen LogP contribution in [0.3, 0.4) is 0 Å². The Kier molecular flexibility index (Phi) is 3.38. The van der Waals surface area contributed by atoms with Crippen LogP contribution in [0.5, 0.6) is 0 Å². The lowest BCUT2D eigenvalue weighted by molar-refractivity contribution is 0.475. The van der Waals surface area contributed by atoms with E-state index in [-0.39, 0.29) is 22.6 Å². The Morgan fingerprint density at radius 2 is 1.83 bits per heavy atom. The smallest absolute Gasteiger partial charge is 0.220 e. The minimum Gasteiger partial charge on any atom is -0.236 e. The lowest BCUT2D eigenvalue weighted by Crippen LogP contribution is -2.20. The molecule has 0 aromatic heterocycles. The van der Waals surface area contributed by atoms with Crippen molar-refractivity contribution in [3.05, 3.63) is 0 Å². The zero-order valence-electron chi connectivity index (χ0n) is 6.76. The third kappa shape index (κ3) is 2.12. The Hall–Kier alpha value is 0.210. The van der Waals surface area contributed by atoms with Gasteiger partial charge in [-0.3, -0.25) is 0 Å². The zero-order chi connectivity index (χ0) is 9.30. The maximum atomic E-state index is 5.92. The molecule has 1 aliphatic heterocycles. The van der Waals surface area contributed by atoms with Crippen LogP contribution < -0.4 is 0 Å². The lowest BCUT2D eigenvalue weighted by atomic mass is 9.97. The molecule has 0 N–H and O–H groups in total. The molecule has 0 amide bonds. The number of rotatable bonds is 0. The molecule has 5 heteroatoms. The zero-order valence-corrected chi connectivity index (χ0v) is 9.03. The summed E-state index contributed by atoms with van der Waals surface area (Å²) in [6.45, 7) is 3.93. The van der Waals surface area contributed by atoms with Gasteiger partial charge >= 0.3 is 0 Å². The highest BCUT2D eigenvalue weighted by Crippen LogP contribution is 2.26. The van der Waals surface area contributed by atoms with Gasteiger partial charge in [-0.15, -0.1) is 0 Å². The minimum atomic E-state index is -0.340. The predicted molar refractivity (Wildman–Crippen MR) is 54.5 cm³/mol. The van der Waals surface area contributed by atoms with Crippen LogP contribution in [0.2, 0.25) is 0 Å². The predicted octanol–water partition coefficient (Wildman–Crippen LogP) is 3.07. The van der Waals surface area contributed by atoms with Gasteiger partial charge in [0.2, 0.25) is 5.29 Å². The Bertz CT molecular complexity index is 237. The maximum absolute atomic E-state index is 5.92. The summed E-state index contributed by atoms with van der Waals surface area (Å²) in [5.41, 5.74) is -0.340. The second kappa shape index (κ2) is 3.95. The summed E-state index contributed by atoms with van der Waals surface area (Å²) < 4.78 is 0. The SMILES string of the molecule is CC1C(Cl)=NC(Cl)=NC(Cl)C1C. The molecule has 0 bridgehead atoms. The summed E-state index contributed by atoms with van der Waals surface area (Å²) >= 11 is 17.4. The number of alkyl halides is 1. The average molecular weight is 228 g/mol. The number of nitrogens with zero attached hydrogens (tertiary/aromatic N) is 2. The van der Waals surface area contributed by atoms with Crippen molar-refractivity contribution in [1.29, 1.82) is 0 Å². The fourth-order valence-electron chi connectivity index (χ4n) is 0.893. The first-order valence-electron chi connectivity index (χ1n) is 3.64. The molecule has 3 unspecified atom stereocenters. The molecule has 0 fully saturated rings. The van der Waals surface area contributed by atoms with E-state index in [1.54, 1.807) is 0 Å². The standard InChI is InChI=1S/C7H9Cl3N2/c1-3-4(2)6(9)12-7(10)11-5(3)8/h3-5H,1-2H3. The average Bonchev–Trinajstić information content (AvgIpc) is 2.05. The molecule has 1 aliphatic rings. The molecule has 0 spiro atoms. The quantitative estimate of drug-likeness (QED) is 0.449. The fraction of sp³-hybridized carbons (Fsp3) is 0.714. The number of aliphatic imine (C=N–C) groups is 2. The molecule has 0 saturated heterocycles. The number of halogens is 3. The topological polar surface area (TPSA) is 24.7 Å². The van der Waals surface area contributed by atoms with E-state index in [4.69, 9.17) is 34.8 Å². The summed E-state index contributed by atoms with van der Waals surface area (Å²) in [6.07, 6.45) is 0. The Labute approximate surface area is 86.6 Å². The molecule has 0 saturated carbocycles. The molecule has 2 nitrogen and oxygen atoms in total. The first-order chi connectivity index (χ1) is 5.52. The van der Waals surface area contributed by atoms with Crippen LogP contribution in [0.15, 0.2) is 9.98 Å². The molecule has 1 rings (SSSR count). The monoisotopic (exact) mass is 226 g/mol. The molecule has 0 aromatic carbocycles. The molecule has 3 atom stereocenters. The van der Waals surface area contributed by atoms with E-state index in [9.17, 15) is 0 Å². The molecule has 0 radical (unpaired) electrons. The third-order valence-corrected chi connectivity index (χ3v) is 3.13. The summed E-state index contributed by atoms with van der Waals surface area (Å²) in [7, 11) is 0. The van der Waals surface area contributed by atoms with Gasteiger partial charge in [-0.25, -0.2) is 9.98 Å². The van der Waals surface area contributed by atoms with Crippen molar-refractivity contribution in [2.45, 2.75) is 19.3 Å². The third-order valence-electron chi connectivity index (χ3n) is 2.03. The van der Waals surface area contributed by atoms with Gasteiger partial charge in [0.05, 0.1) is 0 Å². The van der Waals surface area contributed by atoms with Crippen LogP contribution in [0.4, 0.5) is 0 Å². The van der Waals surface area contributed by atoms with E-state index in [0.29, 0.717) is 5.17 Å². The van der Waals surface area contributed by atoms with Gasteiger partial charge in [0.1, 0.15) is 10.7 Å². The molecule has 1 heterocycles. The van der Waals surface area contributed by atoms with Gasteiger partial charge in [0.25, 0.3) is 0 Å². The van der Waals surface area contributed by atoms with Gasteiger partial charge in [-0.05, 0) is 11.6 Å². The van der Waals surface area contributed by atoms with Crippen molar-refractivity contribution in [2.24, 2.45) is 21.8 Å². The largest absolute Gasteiger partial charge is 0.236 e. The van der Waals surface area contributed by atoms with E-state index >= 15 is 0 Å². The second-order valence-electron chi connectivity index (χ2n) is 2.85. The van der Waals surface area contributed by atoms with Crippen molar-refractivity contribution in [1.82, 2.24) is 0 Å². The van der Waals surface area contributed by atoms with Gasteiger partial charge < -0.3 is 0 Å². The molecule has 0 aliphatic carbocycles. The highest BCUT2D eigenvalue weighted by Gasteiger charge is 2.26. The van der Waals surface area contributed by atoms with Crippen molar-refractivity contribution < 1.29 is 0 Å². The second-order valence-corrected chi connectivity index (χ2v) is 4.03. The highest BCUT2D eigenvalue weighted by molar-refractivity contribution is 6.72. The van der Waals surface area contributed by atoms with Crippen LogP contribution >= 0.6 is 34.8 Å². The normalized spacial score (nSPS) is 36.9. The molecule has 12 heavy (non-hydrogen) atoms. The highest BCUT2D eigenvalue weighted by atomic mass is 35.5. The molecule has 0 aromatic rings. The maximum Gasteiger partial charge on any atom is 0.220 e. The summed E-state index contributed by atoms with van der Waals surface area (Å²) in [5, 5.41) is 0.607. The van der Waals surface area contributed by atoms with Crippen LogP contribution in [0.1, 0.15) is 13.8 Å². The fourth-order valence-corrected chi connectivity index (χ4v) is 1.77. The summed E-state index contributed by atoms with van der Waals surface area (Å²) in [4.78, 5) is 7.81. The van der Waals surface area contributed by atoms with E-state index in [1.165, 1.54) is 0 Å². The van der Waals surface area contributed by atoms with Crippen molar-refractivity contribution in [2.75, 3.05) is 0 Å². The lowest BCUT2D eigenvalue weighted by Gasteiger charge is -2.17. The summed E-state index contributed by atoms with van der Waals surface area (Å²) in [5.74, 6) is 0.258. The van der Waals surface area contributed by atoms with Crippen molar-refractivity contribution in [3.8, 4) is 0 Å².